The summed E-state index contributed by atoms with van der Waals surface area (Å²) in [5, 5.41) is 6.73. The Balaban J connectivity index is 1.55. The minimum atomic E-state index is 0.753. The highest BCUT2D eigenvalue weighted by atomic mass is 14.9. The third-order valence-corrected chi connectivity index (χ3v) is 4.51. The van der Waals surface area contributed by atoms with Crippen molar-refractivity contribution in [2.75, 3.05) is 52.4 Å². The average molecular weight is 403 g/mol. The van der Waals surface area contributed by atoms with Crippen molar-refractivity contribution < 1.29 is 0 Å². The molecule has 4 bridgehead atoms. The molecule has 0 amide bonds. The van der Waals surface area contributed by atoms with Gasteiger partial charge in [0.25, 0.3) is 0 Å². The summed E-state index contributed by atoms with van der Waals surface area (Å²) >= 11 is 0. The molecule has 4 heterocycles. The van der Waals surface area contributed by atoms with E-state index in [1.54, 1.807) is 0 Å². The highest BCUT2D eigenvalue weighted by molar-refractivity contribution is 5.84. The molecule has 0 aliphatic carbocycles. The molecule has 30 heavy (non-hydrogen) atoms. The first kappa shape index (κ1) is 21.7. The third-order valence-electron chi connectivity index (χ3n) is 4.51. The molecule has 6 nitrogen and oxygen atoms in total. The lowest BCUT2D eigenvalue weighted by molar-refractivity contribution is 0.699. The van der Waals surface area contributed by atoms with E-state index in [4.69, 9.17) is 0 Å². The standard InChI is InChI=1S/C24H30N6/c1-2-22-4-3-21(1)17-27-13-9-25-11-15-29-19-23-5-7-24(8-6-23)20-30-16-12-26-10-14-28-18-22/h1-8,17-20,25-26H,9-16H2/b27-17+,28-18+,29-19+,30-20+. The molecule has 6 rings (SSSR count). The summed E-state index contributed by atoms with van der Waals surface area (Å²) in [5.41, 5.74) is 4.41. The molecule has 0 fully saturated rings. The van der Waals surface area contributed by atoms with Crippen molar-refractivity contribution in [1.82, 2.24) is 10.6 Å². The van der Waals surface area contributed by atoms with E-state index in [0.717, 1.165) is 74.6 Å². The lowest BCUT2D eigenvalue weighted by Gasteiger charge is -2.01. The molecular weight excluding hydrogens is 372 g/mol. The normalized spacial score (nSPS) is 21.1. The van der Waals surface area contributed by atoms with Gasteiger partial charge in [-0.05, 0) is 22.3 Å². The van der Waals surface area contributed by atoms with Crippen LogP contribution in [0.2, 0.25) is 0 Å². The van der Waals surface area contributed by atoms with Crippen molar-refractivity contribution in [1.29, 1.82) is 0 Å². The van der Waals surface area contributed by atoms with Gasteiger partial charge in [-0.1, -0.05) is 48.5 Å². The van der Waals surface area contributed by atoms with Gasteiger partial charge in [-0.25, -0.2) is 0 Å². The Bertz CT molecular complexity index is 707. The van der Waals surface area contributed by atoms with Crippen LogP contribution in [0.1, 0.15) is 22.3 Å². The Labute approximate surface area is 179 Å². The highest BCUT2D eigenvalue weighted by Crippen LogP contribution is 2.01. The molecule has 4 aliphatic rings. The van der Waals surface area contributed by atoms with Crippen molar-refractivity contribution in [2.24, 2.45) is 20.0 Å². The lowest BCUT2D eigenvalue weighted by Crippen LogP contribution is -2.21. The molecule has 2 N–H and O–H groups in total. The molecule has 0 atom stereocenters. The second kappa shape index (κ2) is 13.3. The van der Waals surface area contributed by atoms with Crippen LogP contribution in [0.5, 0.6) is 0 Å². The molecule has 4 aliphatic heterocycles. The van der Waals surface area contributed by atoms with Crippen LogP contribution < -0.4 is 10.6 Å². The van der Waals surface area contributed by atoms with Gasteiger partial charge in [0, 0.05) is 51.0 Å². The van der Waals surface area contributed by atoms with Crippen molar-refractivity contribution in [2.45, 2.75) is 0 Å². The van der Waals surface area contributed by atoms with E-state index in [0.29, 0.717) is 0 Å². The fourth-order valence-corrected chi connectivity index (χ4v) is 2.84. The van der Waals surface area contributed by atoms with E-state index in [1.807, 2.05) is 24.9 Å². The van der Waals surface area contributed by atoms with E-state index in [2.05, 4.69) is 79.1 Å². The number of aliphatic imine (C=N–C) groups is 4. The van der Waals surface area contributed by atoms with E-state index in [-0.39, 0.29) is 0 Å². The molecule has 156 valence electrons. The summed E-state index contributed by atoms with van der Waals surface area (Å²) in [4.78, 5) is 17.9. The first-order valence-corrected chi connectivity index (χ1v) is 10.5. The predicted molar refractivity (Wildman–Crippen MR) is 128 cm³/mol. The van der Waals surface area contributed by atoms with Crippen LogP contribution in [0.4, 0.5) is 0 Å². The Morgan fingerprint density at radius 1 is 0.400 bits per heavy atom. The molecule has 2 aromatic rings. The minimum Gasteiger partial charge on any atom is -0.313 e. The number of rotatable bonds is 0. The van der Waals surface area contributed by atoms with E-state index in [9.17, 15) is 0 Å². The minimum absolute atomic E-state index is 0.753. The molecule has 0 spiro atoms. The van der Waals surface area contributed by atoms with Crippen LogP contribution in [0.3, 0.4) is 0 Å². The fraction of sp³-hybridized carbons (Fsp3) is 0.333. The van der Waals surface area contributed by atoms with Crippen molar-refractivity contribution in [3.05, 3.63) is 70.8 Å². The van der Waals surface area contributed by atoms with Crippen molar-refractivity contribution in [3.8, 4) is 0 Å². The topological polar surface area (TPSA) is 73.5 Å². The number of nitrogens with zero attached hydrogens (tertiary/aromatic N) is 4. The SMILES string of the molecule is C1=N/CCNCC/N=C/c2ccc(cc2)/C=N/CCNCC/N=C/c2ccc/1cc2. The second-order valence-corrected chi connectivity index (χ2v) is 6.97. The van der Waals surface area contributed by atoms with E-state index >= 15 is 0 Å². The van der Waals surface area contributed by atoms with Gasteiger partial charge in [0.1, 0.15) is 0 Å². The summed E-state index contributed by atoms with van der Waals surface area (Å²) in [6, 6.07) is 16.6. The zero-order valence-electron chi connectivity index (χ0n) is 17.4. The predicted octanol–water partition coefficient (Wildman–Crippen LogP) is 2.26. The molecule has 0 aromatic heterocycles. The van der Waals surface area contributed by atoms with Gasteiger partial charge in [-0.3, -0.25) is 20.0 Å². The maximum atomic E-state index is 4.48. The summed E-state index contributed by atoms with van der Waals surface area (Å²) in [6.07, 6.45) is 7.67. The van der Waals surface area contributed by atoms with Crippen LogP contribution in [-0.2, 0) is 0 Å². The molecule has 0 saturated heterocycles. The molecule has 6 heteroatoms. The van der Waals surface area contributed by atoms with Gasteiger partial charge in [-0.15, -0.1) is 0 Å². The van der Waals surface area contributed by atoms with Gasteiger partial charge in [0.15, 0.2) is 0 Å². The average Bonchev–Trinajstić information content (AvgIpc) is 2.78. The Morgan fingerprint density at radius 3 is 0.867 bits per heavy atom. The highest BCUT2D eigenvalue weighted by Gasteiger charge is 1.93. The van der Waals surface area contributed by atoms with Gasteiger partial charge < -0.3 is 10.6 Å². The quantitative estimate of drug-likeness (QED) is 0.709. The monoisotopic (exact) mass is 402 g/mol. The summed E-state index contributed by atoms with van der Waals surface area (Å²) in [7, 11) is 0. The number of hydrogen-bond donors (Lipinski definition) is 2. The third kappa shape index (κ3) is 8.59. The summed E-state index contributed by atoms with van der Waals surface area (Å²) in [6.45, 7) is 6.40. The van der Waals surface area contributed by atoms with Crippen LogP contribution in [0.15, 0.2) is 68.5 Å². The Morgan fingerprint density at radius 2 is 0.633 bits per heavy atom. The Hall–Kier alpha value is -2.96. The number of hydrogen-bond acceptors (Lipinski definition) is 6. The van der Waals surface area contributed by atoms with Crippen molar-refractivity contribution in [3.63, 3.8) is 0 Å². The molecular formula is C24H30N6. The Kier molecular flexibility index (Phi) is 9.64. The largest absolute Gasteiger partial charge is 0.313 e. The van der Waals surface area contributed by atoms with Crippen LogP contribution in [-0.4, -0.2) is 77.2 Å². The fourth-order valence-electron chi connectivity index (χ4n) is 2.84. The zero-order chi connectivity index (χ0) is 20.7. The molecule has 0 radical (unpaired) electrons. The van der Waals surface area contributed by atoms with E-state index < -0.39 is 0 Å². The van der Waals surface area contributed by atoms with E-state index in [1.165, 1.54) is 0 Å². The lowest BCUT2D eigenvalue weighted by atomic mass is 10.1. The van der Waals surface area contributed by atoms with Gasteiger partial charge in [-0.2, -0.15) is 0 Å². The zero-order valence-corrected chi connectivity index (χ0v) is 17.4. The second-order valence-electron chi connectivity index (χ2n) is 6.97. The maximum absolute atomic E-state index is 4.48. The molecule has 0 unspecified atom stereocenters. The number of benzene rings is 2. The van der Waals surface area contributed by atoms with Crippen LogP contribution in [0, 0.1) is 0 Å². The number of nitrogens with one attached hydrogen (secondary N) is 2. The van der Waals surface area contributed by atoms with Gasteiger partial charge in [0.05, 0.1) is 26.2 Å². The summed E-state index contributed by atoms with van der Waals surface area (Å²) in [5.74, 6) is 0. The maximum Gasteiger partial charge on any atom is 0.0514 e. The first-order chi connectivity index (χ1) is 14.9. The summed E-state index contributed by atoms with van der Waals surface area (Å²) < 4.78 is 0. The van der Waals surface area contributed by atoms with Gasteiger partial charge >= 0.3 is 0 Å². The molecule has 0 saturated carbocycles. The van der Waals surface area contributed by atoms with Crippen LogP contribution in [0.25, 0.3) is 0 Å². The molecule has 2 aromatic carbocycles. The smallest absolute Gasteiger partial charge is 0.0514 e. The van der Waals surface area contributed by atoms with Crippen molar-refractivity contribution >= 4 is 24.9 Å². The van der Waals surface area contributed by atoms with Crippen LogP contribution >= 0.6 is 0 Å². The van der Waals surface area contributed by atoms with Gasteiger partial charge in [0.2, 0.25) is 0 Å². The first-order valence-electron chi connectivity index (χ1n) is 10.5.